The number of hydrogen-bond donors (Lipinski definition) is 2. The van der Waals surface area contributed by atoms with Crippen molar-refractivity contribution in [1.82, 2.24) is 5.32 Å². The summed E-state index contributed by atoms with van der Waals surface area (Å²) in [6, 6.07) is 19.7. The molecule has 0 aliphatic carbocycles. The molecule has 0 radical (unpaired) electrons. The average Bonchev–Trinajstić information content (AvgIpc) is 2.68. The highest BCUT2D eigenvalue weighted by Gasteiger charge is 2.06. The van der Waals surface area contributed by atoms with E-state index in [0.29, 0.717) is 6.54 Å². The van der Waals surface area contributed by atoms with E-state index >= 15 is 0 Å². The molecule has 148 valence electrons. The van der Waals surface area contributed by atoms with Gasteiger partial charge in [-0.25, -0.2) is 0 Å². The minimum Gasteiger partial charge on any atom is -0.497 e. The van der Waals surface area contributed by atoms with Gasteiger partial charge in [-0.15, -0.1) is 0 Å². The SMILES string of the molecule is COc1ccc2cccc(CCNC(C)=O)c2c1.O=S(=O)(O)c1ccccc1. The van der Waals surface area contributed by atoms with Gasteiger partial charge in [0.1, 0.15) is 5.75 Å². The molecule has 0 saturated heterocycles. The van der Waals surface area contributed by atoms with E-state index in [1.165, 1.54) is 35.4 Å². The molecule has 0 aliphatic heterocycles. The molecule has 28 heavy (non-hydrogen) atoms. The number of carbonyl (C=O) groups excluding carboxylic acids is 1. The number of amides is 1. The smallest absolute Gasteiger partial charge is 0.294 e. The standard InChI is InChI=1S/C15H17NO2.C6H6O3S/c1-11(17)16-9-8-13-5-3-4-12-6-7-14(18-2)10-15(12)13;7-10(8,9)6-4-2-1-3-5-6/h3-7,10H,8-9H2,1-2H3,(H,16,17);1-5H,(H,7,8,9). The van der Waals surface area contributed by atoms with Crippen molar-refractivity contribution in [1.29, 1.82) is 0 Å². The van der Waals surface area contributed by atoms with Gasteiger partial charge in [0.05, 0.1) is 12.0 Å². The first-order valence-electron chi connectivity index (χ1n) is 8.64. The summed E-state index contributed by atoms with van der Waals surface area (Å²) < 4.78 is 34.5. The molecule has 0 bridgehead atoms. The van der Waals surface area contributed by atoms with Crippen molar-refractivity contribution in [3.8, 4) is 5.75 Å². The number of ether oxygens (including phenoxy) is 1. The van der Waals surface area contributed by atoms with Gasteiger partial charge in [-0.3, -0.25) is 9.35 Å². The Labute approximate surface area is 164 Å². The summed E-state index contributed by atoms with van der Waals surface area (Å²) in [5.41, 5.74) is 1.22. The summed E-state index contributed by atoms with van der Waals surface area (Å²) in [5, 5.41) is 5.19. The molecule has 3 aromatic rings. The van der Waals surface area contributed by atoms with Crippen LogP contribution in [0.25, 0.3) is 10.8 Å². The normalized spacial score (nSPS) is 10.7. The van der Waals surface area contributed by atoms with E-state index in [2.05, 4.69) is 23.5 Å². The molecule has 0 aliphatic rings. The van der Waals surface area contributed by atoms with E-state index < -0.39 is 10.1 Å². The van der Waals surface area contributed by atoms with Crippen LogP contribution in [0.2, 0.25) is 0 Å². The Kier molecular flexibility index (Phi) is 7.54. The molecule has 0 aromatic heterocycles. The molecule has 0 atom stereocenters. The van der Waals surface area contributed by atoms with Gasteiger partial charge < -0.3 is 10.1 Å². The number of benzene rings is 3. The molecular weight excluding hydrogens is 378 g/mol. The van der Waals surface area contributed by atoms with Gasteiger partial charge >= 0.3 is 0 Å². The molecule has 0 saturated carbocycles. The largest absolute Gasteiger partial charge is 0.497 e. The van der Waals surface area contributed by atoms with Crippen LogP contribution in [0.5, 0.6) is 5.75 Å². The van der Waals surface area contributed by atoms with Crippen LogP contribution in [0.3, 0.4) is 0 Å². The lowest BCUT2D eigenvalue weighted by Crippen LogP contribution is -2.22. The van der Waals surface area contributed by atoms with E-state index in [1.54, 1.807) is 25.3 Å². The van der Waals surface area contributed by atoms with E-state index in [9.17, 15) is 13.2 Å². The summed E-state index contributed by atoms with van der Waals surface area (Å²) in [5.74, 6) is 0.863. The highest BCUT2D eigenvalue weighted by atomic mass is 32.2. The fraction of sp³-hybridized carbons (Fsp3) is 0.190. The molecule has 3 rings (SSSR count). The molecule has 6 nitrogen and oxygen atoms in total. The van der Waals surface area contributed by atoms with Gasteiger partial charge in [-0.05, 0) is 47.0 Å². The lowest BCUT2D eigenvalue weighted by molar-refractivity contribution is -0.118. The third-order valence-corrected chi connectivity index (χ3v) is 4.86. The zero-order valence-electron chi connectivity index (χ0n) is 15.8. The molecule has 7 heteroatoms. The molecule has 0 fully saturated rings. The van der Waals surface area contributed by atoms with Crippen molar-refractivity contribution in [3.63, 3.8) is 0 Å². The third-order valence-electron chi connectivity index (χ3n) is 3.99. The molecule has 0 spiro atoms. The van der Waals surface area contributed by atoms with Crippen LogP contribution in [0, 0.1) is 0 Å². The van der Waals surface area contributed by atoms with Crippen LogP contribution in [0.1, 0.15) is 12.5 Å². The number of hydrogen-bond acceptors (Lipinski definition) is 4. The quantitative estimate of drug-likeness (QED) is 0.639. The van der Waals surface area contributed by atoms with Crippen LogP contribution in [0.15, 0.2) is 71.6 Å². The topological polar surface area (TPSA) is 92.7 Å². The second-order valence-electron chi connectivity index (χ2n) is 6.03. The van der Waals surface area contributed by atoms with Gasteiger partial charge in [0, 0.05) is 13.5 Å². The summed E-state index contributed by atoms with van der Waals surface area (Å²) in [7, 11) is -2.34. The first-order chi connectivity index (χ1) is 13.3. The first kappa shape index (κ1) is 21.4. The minimum absolute atomic E-state index is 0.00724. The maximum atomic E-state index is 10.9. The minimum atomic E-state index is -4.00. The van der Waals surface area contributed by atoms with Crippen molar-refractivity contribution < 1.29 is 22.5 Å². The van der Waals surface area contributed by atoms with Gasteiger partial charge in [0.25, 0.3) is 10.1 Å². The van der Waals surface area contributed by atoms with E-state index in [1.807, 2.05) is 18.2 Å². The van der Waals surface area contributed by atoms with Gasteiger partial charge in [0.2, 0.25) is 5.91 Å². The van der Waals surface area contributed by atoms with E-state index in [4.69, 9.17) is 9.29 Å². The van der Waals surface area contributed by atoms with Crippen LogP contribution in [-0.4, -0.2) is 32.5 Å². The lowest BCUT2D eigenvalue weighted by atomic mass is 10.0. The molecule has 1 amide bonds. The Hall–Kier alpha value is -2.90. The van der Waals surface area contributed by atoms with Crippen LogP contribution in [-0.2, 0) is 21.3 Å². The highest BCUT2D eigenvalue weighted by Crippen LogP contribution is 2.24. The summed E-state index contributed by atoms with van der Waals surface area (Å²) in [6.07, 6.45) is 0.823. The Morgan fingerprint density at radius 2 is 1.75 bits per heavy atom. The maximum absolute atomic E-state index is 10.9. The average molecular weight is 401 g/mol. The fourth-order valence-corrected chi connectivity index (χ4v) is 3.13. The monoisotopic (exact) mass is 401 g/mol. The molecule has 0 heterocycles. The van der Waals surface area contributed by atoms with Crippen LogP contribution >= 0.6 is 0 Å². The predicted molar refractivity (Wildman–Crippen MR) is 109 cm³/mol. The maximum Gasteiger partial charge on any atom is 0.294 e. The highest BCUT2D eigenvalue weighted by molar-refractivity contribution is 7.85. The number of nitrogens with one attached hydrogen (secondary N) is 1. The van der Waals surface area contributed by atoms with Crippen molar-refractivity contribution in [2.45, 2.75) is 18.2 Å². The summed E-state index contributed by atoms with van der Waals surface area (Å²) in [4.78, 5) is 10.8. The summed E-state index contributed by atoms with van der Waals surface area (Å²) in [6.45, 7) is 2.19. The molecule has 2 N–H and O–H groups in total. The Morgan fingerprint density at radius 1 is 1.04 bits per heavy atom. The zero-order chi connectivity index (χ0) is 20.6. The van der Waals surface area contributed by atoms with Gasteiger partial charge in [-0.2, -0.15) is 8.42 Å². The van der Waals surface area contributed by atoms with E-state index in [0.717, 1.165) is 12.2 Å². The Balaban J connectivity index is 0.000000237. The van der Waals surface area contributed by atoms with Crippen LogP contribution in [0.4, 0.5) is 0 Å². The Morgan fingerprint density at radius 3 is 2.32 bits per heavy atom. The first-order valence-corrected chi connectivity index (χ1v) is 10.1. The fourth-order valence-electron chi connectivity index (χ4n) is 2.63. The summed E-state index contributed by atoms with van der Waals surface area (Å²) >= 11 is 0. The lowest BCUT2D eigenvalue weighted by Gasteiger charge is -2.08. The number of carbonyl (C=O) groups is 1. The Bertz CT molecular complexity index is 1030. The zero-order valence-corrected chi connectivity index (χ0v) is 16.6. The van der Waals surface area contributed by atoms with Crippen molar-refractivity contribution >= 4 is 26.8 Å². The number of methoxy groups -OCH3 is 1. The number of fused-ring (bicyclic) bond motifs is 1. The third kappa shape index (κ3) is 6.37. The van der Waals surface area contributed by atoms with Crippen LogP contribution < -0.4 is 10.1 Å². The van der Waals surface area contributed by atoms with E-state index in [-0.39, 0.29) is 10.8 Å². The van der Waals surface area contributed by atoms with Gasteiger partial charge in [0.15, 0.2) is 0 Å². The van der Waals surface area contributed by atoms with Crippen molar-refractivity contribution in [2.24, 2.45) is 0 Å². The second kappa shape index (κ2) is 9.87. The molecular formula is C21H23NO5S. The molecule has 0 unspecified atom stereocenters. The van der Waals surface area contributed by atoms with Crippen molar-refractivity contribution in [3.05, 3.63) is 72.3 Å². The second-order valence-corrected chi connectivity index (χ2v) is 7.45. The number of rotatable bonds is 5. The predicted octanol–water partition coefficient (Wildman–Crippen LogP) is 3.46. The molecule has 3 aromatic carbocycles. The van der Waals surface area contributed by atoms with Gasteiger partial charge in [-0.1, -0.05) is 42.5 Å². The van der Waals surface area contributed by atoms with Crippen molar-refractivity contribution in [2.75, 3.05) is 13.7 Å².